The van der Waals surface area contributed by atoms with Gasteiger partial charge in [0.1, 0.15) is 11.7 Å². The minimum absolute atomic E-state index is 0.0249. The van der Waals surface area contributed by atoms with Gasteiger partial charge in [0, 0.05) is 3.57 Å². The van der Waals surface area contributed by atoms with Gasteiger partial charge >= 0.3 is 0 Å². The van der Waals surface area contributed by atoms with E-state index in [2.05, 4.69) is 0 Å². The summed E-state index contributed by atoms with van der Waals surface area (Å²) in [4.78, 5) is 0. The molecule has 136 valence electrons. The summed E-state index contributed by atoms with van der Waals surface area (Å²) in [6.45, 7) is 2.55. The van der Waals surface area contributed by atoms with Crippen molar-refractivity contribution in [3.8, 4) is 23.5 Å². The Bertz CT molecular complexity index is 1010. The van der Waals surface area contributed by atoms with Gasteiger partial charge in [-0.1, -0.05) is 0 Å². The van der Waals surface area contributed by atoms with Gasteiger partial charge in [-0.3, -0.25) is 4.57 Å². The summed E-state index contributed by atoms with van der Waals surface area (Å²) in [7, 11) is 0. The first-order chi connectivity index (χ1) is 12.0. The number of aromatic hydroxyl groups is 2. The average Bonchev–Trinajstić information content (AvgIpc) is 3.04. The molecule has 2 aromatic rings. The van der Waals surface area contributed by atoms with Crippen molar-refractivity contribution in [3.63, 3.8) is 0 Å². The SMILES string of the molecule is C[C@]12O[C@](C)(c3c1c(O)n(-c1ccc(C#N)c(I)c1)c3O)C(O)(O)[C@@H]2F. The normalized spacial score (nSPS) is 31.0. The summed E-state index contributed by atoms with van der Waals surface area (Å²) in [6.07, 6.45) is -2.23. The molecular formula is C17H14FIN2O5. The van der Waals surface area contributed by atoms with Gasteiger partial charge in [0.15, 0.2) is 11.8 Å². The molecule has 4 rings (SSSR count). The molecule has 1 fully saturated rings. The molecule has 26 heavy (non-hydrogen) atoms. The van der Waals surface area contributed by atoms with Crippen molar-refractivity contribution in [1.29, 1.82) is 5.26 Å². The lowest BCUT2D eigenvalue weighted by atomic mass is 9.74. The lowest BCUT2D eigenvalue weighted by Gasteiger charge is -2.35. The number of nitriles is 1. The molecule has 0 amide bonds. The summed E-state index contributed by atoms with van der Waals surface area (Å²) in [5.41, 5.74) is -3.13. The zero-order valence-corrected chi connectivity index (χ0v) is 15.8. The number of halogens is 2. The standard InChI is InChI=1S/C17H14FIN2O5/c1-15-10-11(16(2,26-15)17(24,25)14(15)18)13(23)21(12(10)22)8-4-3-7(6-20)9(19)5-8/h3-5,14,22-25H,1-2H3/t14-,15+,16-/m1/s1. The first-order valence-electron chi connectivity index (χ1n) is 7.67. The lowest BCUT2D eigenvalue weighted by molar-refractivity contribution is -0.258. The molecule has 0 aliphatic carbocycles. The van der Waals surface area contributed by atoms with Crippen LogP contribution >= 0.6 is 22.6 Å². The Hall–Kier alpha value is -1.87. The third-order valence-electron chi connectivity index (χ3n) is 5.38. The summed E-state index contributed by atoms with van der Waals surface area (Å²) >= 11 is 1.95. The number of aromatic nitrogens is 1. The van der Waals surface area contributed by atoms with Gasteiger partial charge in [0.05, 0.1) is 22.4 Å². The van der Waals surface area contributed by atoms with E-state index in [1.807, 2.05) is 28.7 Å². The highest BCUT2D eigenvalue weighted by atomic mass is 127. The van der Waals surface area contributed by atoms with E-state index >= 15 is 0 Å². The summed E-state index contributed by atoms with van der Waals surface area (Å²) in [5.74, 6) is -3.81. The highest BCUT2D eigenvalue weighted by molar-refractivity contribution is 14.1. The van der Waals surface area contributed by atoms with Crippen LogP contribution in [0.2, 0.25) is 0 Å². The Balaban J connectivity index is 2.02. The van der Waals surface area contributed by atoms with Crippen LogP contribution in [0.4, 0.5) is 4.39 Å². The second-order valence-corrected chi connectivity index (χ2v) is 8.00. The van der Waals surface area contributed by atoms with Gasteiger partial charge in [-0.15, -0.1) is 0 Å². The van der Waals surface area contributed by atoms with Crippen LogP contribution in [0.15, 0.2) is 18.2 Å². The monoisotopic (exact) mass is 472 g/mol. The van der Waals surface area contributed by atoms with Crippen LogP contribution in [-0.2, 0) is 15.9 Å². The Morgan fingerprint density at radius 2 is 1.85 bits per heavy atom. The van der Waals surface area contributed by atoms with Crippen molar-refractivity contribution in [2.24, 2.45) is 0 Å². The molecule has 0 radical (unpaired) electrons. The number of hydrogen-bond donors (Lipinski definition) is 4. The molecular weight excluding hydrogens is 458 g/mol. The number of nitrogens with zero attached hydrogens (tertiary/aromatic N) is 2. The topological polar surface area (TPSA) is 119 Å². The highest BCUT2D eigenvalue weighted by Gasteiger charge is 2.77. The Morgan fingerprint density at radius 1 is 1.23 bits per heavy atom. The van der Waals surface area contributed by atoms with E-state index < -0.39 is 34.9 Å². The number of hydrogen-bond acceptors (Lipinski definition) is 6. The van der Waals surface area contributed by atoms with Crippen molar-refractivity contribution in [2.75, 3.05) is 0 Å². The molecule has 0 unspecified atom stereocenters. The van der Waals surface area contributed by atoms with Gasteiger partial charge < -0.3 is 25.2 Å². The quantitative estimate of drug-likeness (QED) is 0.372. The van der Waals surface area contributed by atoms with E-state index in [4.69, 9.17) is 10.00 Å². The van der Waals surface area contributed by atoms with Gasteiger partial charge in [0.2, 0.25) is 17.5 Å². The van der Waals surface area contributed by atoms with Crippen LogP contribution in [0.3, 0.4) is 0 Å². The Kier molecular flexibility index (Phi) is 3.30. The largest absolute Gasteiger partial charge is 0.494 e. The van der Waals surface area contributed by atoms with Crippen molar-refractivity contribution in [2.45, 2.75) is 37.0 Å². The van der Waals surface area contributed by atoms with Crippen LogP contribution in [0.25, 0.3) is 5.69 Å². The minimum atomic E-state index is -2.87. The van der Waals surface area contributed by atoms with Crippen molar-refractivity contribution in [1.82, 2.24) is 4.57 Å². The molecule has 3 heterocycles. The average molecular weight is 472 g/mol. The molecule has 3 atom stereocenters. The Labute approximate surface area is 161 Å². The maximum Gasteiger partial charge on any atom is 0.232 e. The van der Waals surface area contributed by atoms with Crippen LogP contribution in [0.1, 0.15) is 30.5 Å². The number of aliphatic hydroxyl groups is 2. The van der Waals surface area contributed by atoms with E-state index in [0.717, 1.165) is 4.57 Å². The number of alkyl halides is 1. The van der Waals surface area contributed by atoms with Crippen LogP contribution in [0.5, 0.6) is 11.8 Å². The van der Waals surface area contributed by atoms with E-state index in [1.165, 1.54) is 26.0 Å². The Morgan fingerprint density at radius 3 is 2.42 bits per heavy atom. The van der Waals surface area contributed by atoms with Crippen molar-refractivity contribution >= 4 is 22.6 Å². The second kappa shape index (κ2) is 4.89. The fraction of sp³-hybridized carbons (Fsp3) is 0.353. The molecule has 1 aromatic carbocycles. The van der Waals surface area contributed by atoms with E-state index in [9.17, 15) is 24.8 Å². The van der Waals surface area contributed by atoms with Crippen LogP contribution in [0, 0.1) is 14.9 Å². The molecule has 9 heteroatoms. The van der Waals surface area contributed by atoms with Gasteiger partial charge in [-0.05, 0) is 54.6 Å². The molecule has 4 N–H and O–H groups in total. The molecule has 2 aliphatic rings. The van der Waals surface area contributed by atoms with E-state index in [0.29, 0.717) is 14.8 Å². The summed E-state index contributed by atoms with van der Waals surface area (Å²) < 4.78 is 21.9. The third kappa shape index (κ3) is 1.70. The smallest absolute Gasteiger partial charge is 0.232 e. The van der Waals surface area contributed by atoms with Gasteiger partial charge in [0.25, 0.3) is 0 Å². The fourth-order valence-electron chi connectivity index (χ4n) is 4.04. The molecule has 0 spiro atoms. The van der Waals surface area contributed by atoms with Crippen molar-refractivity contribution in [3.05, 3.63) is 38.5 Å². The van der Waals surface area contributed by atoms with Crippen LogP contribution in [-0.4, -0.2) is 37.0 Å². The summed E-state index contributed by atoms with van der Waals surface area (Å²) in [5, 5.41) is 51.0. The van der Waals surface area contributed by atoms with Crippen molar-refractivity contribution < 1.29 is 29.6 Å². The lowest BCUT2D eigenvalue weighted by Crippen LogP contribution is -2.55. The molecule has 1 aromatic heterocycles. The molecule has 7 nitrogen and oxygen atoms in total. The second-order valence-electron chi connectivity index (χ2n) is 6.84. The first-order valence-corrected chi connectivity index (χ1v) is 8.75. The number of fused-ring (bicyclic) bond motifs is 5. The minimum Gasteiger partial charge on any atom is -0.494 e. The number of ether oxygens (including phenoxy) is 1. The highest BCUT2D eigenvalue weighted by Crippen LogP contribution is 2.67. The van der Waals surface area contributed by atoms with Gasteiger partial charge in [-0.2, -0.15) is 5.26 Å². The molecule has 2 aliphatic heterocycles. The molecule has 0 saturated carbocycles. The summed E-state index contributed by atoms with van der Waals surface area (Å²) in [6, 6.07) is 6.62. The van der Waals surface area contributed by atoms with Crippen LogP contribution < -0.4 is 0 Å². The van der Waals surface area contributed by atoms with E-state index in [1.54, 1.807) is 6.07 Å². The zero-order valence-electron chi connectivity index (χ0n) is 13.7. The maximum absolute atomic E-state index is 14.7. The zero-order chi connectivity index (χ0) is 19.2. The number of rotatable bonds is 1. The van der Waals surface area contributed by atoms with Gasteiger partial charge in [-0.25, -0.2) is 4.39 Å². The molecule has 2 bridgehead atoms. The third-order valence-corrected chi connectivity index (χ3v) is 6.27. The van der Waals surface area contributed by atoms with E-state index in [-0.39, 0.29) is 11.1 Å². The number of benzene rings is 1. The predicted octanol–water partition coefficient (Wildman–Crippen LogP) is 1.86. The predicted molar refractivity (Wildman–Crippen MR) is 94.4 cm³/mol. The first kappa shape index (κ1) is 17.5. The molecule has 1 saturated heterocycles. The maximum atomic E-state index is 14.7. The fourth-order valence-corrected chi connectivity index (χ4v) is 4.66.